The Kier molecular flexibility index (Phi) is 7.31. The maximum atomic E-state index is 14.5. The van der Waals surface area contributed by atoms with E-state index in [1.165, 1.54) is 6.07 Å². The van der Waals surface area contributed by atoms with Crippen LogP contribution >= 0.6 is 0 Å². The van der Waals surface area contributed by atoms with Crippen LogP contribution < -0.4 is 16.6 Å². The van der Waals surface area contributed by atoms with Crippen LogP contribution in [-0.4, -0.2) is 44.6 Å². The molecular weight excluding hydrogens is 473 g/mol. The molecule has 1 aliphatic heterocycles. The molecule has 0 aliphatic carbocycles. The zero-order valence-electron chi connectivity index (χ0n) is 21.7. The number of carbonyl (C=O) groups is 2. The molecule has 0 radical (unpaired) electrons. The van der Waals surface area contributed by atoms with Gasteiger partial charge in [0.15, 0.2) is 0 Å². The molecule has 1 fully saturated rings. The van der Waals surface area contributed by atoms with E-state index in [-0.39, 0.29) is 22.9 Å². The minimum atomic E-state index is -0.838. The monoisotopic (exact) mass is 507 g/mol. The lowest BCUT2D eigenvalue weighted by Gasteiger charge is -2.40. The number of aromatic nitrogens is 3. The van der Waals surface area contributed by atoms with E-state index in [0.29, 0.717) is 43.7 Å². The smallest absolute Gasteiger partial charge is 0.256 e. The van der Waals surface area contributed by atoms with Gasteiger partial charge in [0, 0.05) is 31.3 Å². The number of aryl methyl sites for hydroxylation is 1. The largest absolute Gasteiger partial charge is 0.338 e. The number of nitrogens with zero attached hydrogens (tertiary/aromatic N) is 4. The molecule has 37 heavy (non-hydrogen) atoms. The first-order chi connectivity index (χ1) is 17.5. The highest BCUT2D eigenvalue weighted by molar-refractivity contribution is 5.95. The van der Waals surface area contributed by atoms with Crippen LogP contribution in [0.15, 0.2) is 48.7 Å². The van der Waals surface area contributed by atoms with E-state index in [1.807, 2.05) is 28.9 Å². The number of piperidine rings is 1. The number of anilines is 2. The van der Waals surface area contributed by atoms with Crippen molar-refractivity contribution in [1.29, 1.82) is 0 Å². The Morgan fingerprint density at radius 3 is 2.49 bits per heavy atom. The van der Waals surface area contributed by atoms with Gasteiger partial charge in [-0.25, -0.2) is 19.9 Å². The summed E-state index contributed by atoms with van der Waals surface area (Å²) in [6, 6.07) is 12.3. The van der Waals surface area contributed by atoms with Crippen LogP contribution in [0, 0.1) is 18.2 Å². The average molecular weight is 508 g/mol. The third kappa shape index (κ3) is 5.48. The lowest BCUT2D eigenvalue weighted by Crippen LogP contribution is -2.52. The Bertz CT molecular complexity index is 1290. The SMILES string of the molecule is Cc1cccc(C(=O)N2CCC(Cc3cccc(Nc4ccnn4C(C)(C)C)n3)(C(=O)NN)CC2)c1F. The number of halogens is 1. The molecule has 196 valence electrons. The maximum Gasteiger partial charge on any atom is 0.256 e. The second-order valence-corrected chi connectivity index (χ2v) is 10.6. The molecule has 4 N–H and O–H groups in total. The van der Waals surface area contributed by atoms with Gasteiger partial charge in [-0.05, 0) is 64.3 Å². The van der Waals surface area contributed by atoms with Crippen molar-refractivity contribution in [1.82, 2.24) is 25.1 Å². The molecule has 2 amide bonds. The predicted molar refractivity (Wildman–Crippen MR) is 139 cm³/mol. The number of hydrogen-bond donors (Lipinski definition) is 3. The van der Waals surface area contributed by atoms with Crippen LogP contribution in [0.1, 0.15) is 55.2 Å². The zero-order chi connectivity index (χ0) is 26.8. The molecular formula is C27H34FN7O2. The quantitative estimate of drug-likeness (QED) is 0.266. The lowest BCUT2D eigenvalue weighted by atomic mass is 9.74. The van der Waals surface area contributed by atoms with Crippen molar-refractivity contribution in [3.63, 3.8) is 0 Å². The first kappa shape index (κ1) is 26.3. The van der Waals surface area contributed by atoms with E-state index in [4.69, 9.17) is 10.8 Å². The van der Waals surface area contributed by atoms with Crippen molar-refractivity contribution < 1.29 is 14.0 Å². The highest BCUT2D eigenvalue weighted by atomic mass is 19.1. The summed E-state index contributed by atoms with van der Waals surface area (Å²) >= 11 is 0. The Hall–Kier alpha value is -3.79. The van der Waals surface area contributed by atoms with E-state index in [2.05, 4.69) is 36.6 Å². The van der Waals surface area contributed by atoms with E-state index < -0.39 is 11.2 Å². The summed E-state index contributed by atoms with van der Waals surface area (Å²) in [6.45, 7) is 8.44. The van der Waals surface area contributed by atoms with Gasteiger partial charge in [-0.1, -0.05) is 18.2 Å². The zero-order valence-corrected chi connectivity index (χ0v) is 21.7. The molecule has 10 heteroatoms. The number of hydrogen-bond acceptors (Lipinski definition) is 6. The topological polar surface area (TPSA) is 118 Å². The van der Waals surface area contributed by atoms with Crippen molar-refractivity contribution in [2.45, 2.75) is 52.5 Å². The van der Waals surface area contributed by atoms with Gasteiger partial charge in [0.05, 0.1) is 22.7 Å². The summed E-state index contributed by atoms with van der Waals surface area (Å²) in [5.74, 6) is 5.83. The van der Waals surface area contributed by atoms with Crippen LogP contribution in [0.25, 0.3) is 0 Å². The first-order valence-electron chi connectivity index (χ1n) is 12.4. The van der Waals surface area contributed by atoms with Gasteiger partial charge in [-0.15, -0.1) is 0 Å². The Labute approximate surface area is 216 Å². The van der Waals surface area contributed by atoms with Crippen molar-refractivity contribution in [2.75, 3.05) is 18.4 Å². The predicted octanol–water partition coefficient (Wildman–Crippen LogP) is 3.68. The first-order valence-corrected chi connectivity index (χ1v) is 12.4. The number of nitrogens with two attached hydrogens (primary N) is 1. The molecule has 0 unspecified atom stereocenters. The Balaban J connectivity index is 1.51. The number of benzene rings is 1. The average Bonchev–Trinajstić information content (AvgIpc) is 3.34. The minimum Gasteiger partial charge on any atom is -0.338 e. The van der Waals surface area contributed by atoms with Crippen LogP contribution in [0.5, 0.6) is 0 Å². The van der Waals surface area contributed by atoms with Crippen LogP contribution in [0.4, 0.5) is 16.0 Å². The molecule has 4 rings (SSSR count). The molecule has 0 spiro atoms. The Morgan fingerprint density at radius 1 is 1.11 bits per heavy atom. The molecule has 2 aromatic heterocycles. The van der Waals surface area contributed by atoms with Gasteiger partial charge in [0.25, 0.3) is 5.91 Å². The van der Waals surface area contributed by atoms with Crippen molar-refractivity contribution >= 4 is 23.5 Å². The molecule has 1 aromatic carbocycles. The van der Waals surface area contributed by atoms with Crippen molar-refractivity contribution in [3.8, 4) is 0 Å². The molecule has 3 heterocycles. The fraction of sp³-hybridized carbons (Fsp3) is 0.407. The second-order valence-electron chi connectivity index (χ2n) is 10.6. The fourth-order valence-electron chi connectivity index (χ4n) is 4.82. The molecule has 1 aliphatic rings. The van der Waals surface area contributed by atoms with Gasteiger partial charge in [-0.2, -0.15) is 5.10 Å². The molecule has 1 saturated heterocycles. The number of likely N-dealkylation sites (tertiary alicyclic amines) is 1. The lowest BCUT2D eigenvalue weighted by molar-refractivity contribution is -0.133. The summed E-state index contributed by atoms with van der Waals surface area (Å²) in [6.07, 6.45) is 2.84. The van der Waals surface area contributed by atoms with Crippen molar-refractivity contribution in [3.05, 3.63) is 71.3 Å². The standard InChI is InChI=1S/C27H34FN7O2/c1-18-7-5-9-20(23(18)28)24(36)34-15-12-27(13-16-34,25(37)33-29)17-19-8-6-10-21(31-19)32-22-11-14-30-35(22)26(2,3)4/h5-11,14H,12-13,15-17,29H2,1-4H3,(H,31,32)(H,33,37). The number of carbonyl (C=O) groups excluding carboxylic acids is 2. The summed E-state index contributed by atoms with van der Waals surface area (Å²) in [4.78, 5) is 32.3. The summed E-state index contributed by atoms with van der Waals surface area (Å²) in [5, 5.41) is 7.72. The summed E-state index contributed by atoms with van der Waals surface area (Å²) < 4.78 is 16.4. The molecule has 0 atom stereocenters. The molecule has 3 aromatic rings. The molecule has 0 bridgehead atoms. The van der Waals surface area contributed by atoms with Crippen LogP contribution in [0.2, 0.25) is 0 Å². The highest BCUT2D eigenvalue weighted by Crippen LogP contribution is 2.36. The van der Waals surface area contributed by atoms with Gasteiger partial charge >= 0.3 is 0 Å². The minimum absolute atomic E-state index is 0.0470. The molecule has 9 nitrogen and oxygen atoms in total. The van der Waals surface area contributed by atoms with E-state index in [1.54, 1.807) is 30.2 Å². The van der Waals surface area contributed by atoms with Gasteiger partial charge < -0.3 is 10.2 Å². The van der Waals surface area contributed by atoms with E-state index >= 15 is 0 Å². The van der Waals surface area contributed by atoms with Gasteiger partial charge in [0.2, 0.25) is 5.91 Å². The third-order valence-electron chi connectivity index (χ3n) is 6.90. The van der Waals surface area contributed by atoms with Crippen LogP contribution in [0.3, 0.4) is 0 Å². The number of hydrazine groups is 1. The number of pyridine rings is 1. The molecule has 0 saturated carbocycles. The Morgan fingerprint density at radius 2 is 1.81 bits per heavy atom. The third-order valence-corrected chi connectivity index (χ3v) is 6.90. The highest BCUT2D eigenvalue weighted by Gasteiger charge is 2.43. The normalized spacial score (nSPS) is 15.4. The van der Waals surface area contributed by atoms with Gasteiger partial charge in [0.1, 0.15) is 17.5 Å². The van der Waals surface area contributed by atoms with E-state index in [0.717, 1.165) is 11.5 Å². The van der Waals surface area contributed by atoms with Gasteiger partial charge in [-0.3, -0.25) is 15.0 Å². The van der Waals surface area contributed by atoms with Crippen LogP contribution in [-0.2, 0) is 16.8 Å². The van der Waals surface area contributed by atoms with E-state index in [9.17, 15) is 14.0 Å². The number of rotatable bonds is 6. The number of nitrogens with one attached hydrogen (secondary N) is 2. The fourth-order valence-corrected chi connectivity index (χ4v) is 4.82. The number of amides is 2. The summed E-state index contributed by atoms with van der Waals surface area (Å²) in [5.41, 5.74) is 2.45. The maximum absolute atomic E-state index is 14.5. The summed E-state index contributed by atoms with van der Waals surface area (Å²) in [7, 11) is 0. The van der Waals surface area contributed by atoms with Crippen molar-refractivity contribution in [2.24, 2.45) is 11.3 Å². The second kappa shape index (κ2) is 10.3.